The number of rotatable bonds is 4. The molecule has 0 aliphatic carbocycles. The third-order valence-corrected chi connectivity index (χ3v) is 4.34. The smallest absolute Gasteiger partial charge is 0.249 e. The summed E-state index contributed by atoms with van der Waals surface area (Å²) in [6.07, 6.45) is 3.24. The van der Waals surface area contributed by atoms with Crippen LogP contribution in [0.15, 0.2) is 69.6 Å². The predicted molar refractivity (Wildman–Crippen MR) is 104 cm³/mol. The van der Waals surface area contributed by atoms with Crippen LogP contribution in [0.5, 0.6) is 0 Å². The number of carbonyl (C=O) groups is 1. The lowest BCUT2D eigenvalue weighted by Gasteiger charge is -1.97. The van der Waals surface area contributed by atoms with Crippen molar-refractivity contribution in [1.29, 1.82) is 0 Å². The lowest BCUT2D eigenvalue weighted by molar-refractivity contribution is -0.111. The highest BCUT2D eigenvalue weighted by molar-refractivity contribution is 9.10. The summed E-state index contributed by atoms with van der Waals surface area (Å²) in [6, 6.07) is 17.3. The van der Waals surface area contributed by atoms with Gasteiger partial charge < -0.3 is 5.32 Å². The van der Waals surface area contributed by atoms with E-state index in [1.807, 2.05) is 48.5 Å². The van der Waals surface area contributed by atoms with Crippen LogP contribution in [0.4, 0.5) is 5.82 Å². The number of aromatic nitrogens is 2. The SMILES string of the molecule is O=C(/C=C/c1ccc(Br)cc1)Nc1cc(-c2ccc(Br)cc2)[nH]n1. The Morgan fingerprint density at radius 3 is 2.29 bits per heavy atom. The molecule has 0 fully saturated rings. The molecule has 1 heterocycles. The number of halogens is 2. The van der Waals surface area contributed by atoms with E-state index in [1.165, 1.54) is 6.08 Å². The van der Waals surface area contributed by atoms with Gasteiger partial charge in [0, 0.05) is 21.1 Å². The van der Waals surface area contributed by atoms with E-state index < -0.39 is 0 Å². The zero-order valence-electron chi connectivity index (χ0n) is 12.5. The first-order valence-electron chi connectivity index (χ1n) is 7.16. The van der Waals surface area contributed by atoms with Gasteiger partial charge in [-0.05, 0) is 41.5 Å². The van der Waals surface area contributed by atoms with E-state index in [2.05, 4.69) is 47.4 Å². The highest BCUT2D eigenvalue weighted by Crippen LogP contribution is 2.22. The summed E-state index contributed by atoms with van der Waals surface area (Å²) in [7, 11) is 0. The van der Waals surface area contributed by atoms with Crippen LogP contribution in [0.1, 0.15) is 5.56 Å². The highest BCUT2D eigenvalue weighted by Gasteiger charge is 2.05. The Morgan fingerprint density at radius 1 is 1.00 bits per heavy atom. The highest BCUT2D eigenvalue weighted by atomic mass is 79.9. The van der Waals surface area contributed by atoms with E-state index in [0.29, 0.717) is 5.82 Å². The predicted octanol–water partition coefficient (Wildman–Crippen LogP) is 5.25. The minimum atomic E-state index is -0.230. The van der Waals surface area contributed by atoms with E-state index in [-0.39, 0.29) is 5.91 Å². The largest absolute Gasteiger partial charge is 0.306 e. The molecule has 0 bridgehead atoms. The maximum atomic E-state index is 12.0. The summed E-state index contributed by atoms with van der Waals surface area (Å²) in [5.41, 5.74) is 2.79. The molecular weight excluding hydrogens is 434 g/mol. The van der Waals surface area contributed by atoms with Gasteiger partial charge in [-0.3, -0.25) is 9.89 Å². The molecule has 24 heavy (non-hydrogen) atoms. The van der Waals surface area contributed by atoms with Crippen molar-refractivity contribution in [2.45, 2.75) is 0 Å². The van der Waals surface area contributed by atoms with Crippen molar-refractivity contribution < 1.29 is 4.79 Å². The van der Waals surface area contributed by atoms with Crippen molar-refractivity contribution in [2.75, 3.05) is 5.32 Å². The molecule has 0 unspecified atom stereocenters. The van der Waals surface area contributed by atoms with Crippen LogP contribution in [0.2, 0.25) is 0 Å². The lowest BCUT2D eigenvalue weighted by atomic mass is 10.1. The fraction of sp³-hybridized carbons (Fsp3) is 0. The van der Waals surface area contributed by atoms with E-state index in [4.69, 9.17) is 0 Å². The van der Waals surface area contributed by atoms with Crippen LogP contribution >= 0.6 is 31.9 Å². The van der Waals surface area contributed by atoms with E-state index >= 15 is 0 Å². The second-order valence-corrected chi connectivity index (χ2v) is 6.88. The summed E-state index contributed by atoms with van der Waals surface area (Å²) >= 11 is 6.78. The maximum absolute atomic E-state index is 12.0. The van der Waals surface area contributed by atoms with Crippen molar-refractivity contribution in [3.63, 3.8) is 0 Å². The Morgan fingerprint density at radius 2 is 1.62 bits per heavy atom. The van der Waals surface area contributed by atoms with Gasteiger partial charge in [-0.25, -0.2) is 0 Å². The van der Waals surface area contributed by atoms with Gasteiger partial charge in [-0.1, -0.05) is 56.1 Å². The molecule has 3 aromatic rings. The Labute approximate surface area is 156 Å². The molecular formula is C18H13Br2N3O. The third-order valence-electron chi connectivity index (χ3n) is 3.28. The van der Waals surface area contributed by atoms with Crippen molar-refractivity contribution in [1.82, 2.24) is 10.2 Å². The van der Waals surface area contributed by atoms with Crippen LogP contribution in [0, 0.1) is 0 Å². The molecule has 2 N–H and O–H groups in total. The second-order valence-electron chi connectivity index (χ2n) is 5.05. The van der Waals surface area contributed by atoms with Crippen LogP contribution in [0.3, 0.4) is 0 Å². The fourth-order valence-corrected chi connectivity index (χ4v) is 2.61. The number of hydrogen-bond donors (Lipinski definition) is 2. The molecule has 2 aromatic carbocycles. The van der Waals surface area contributed by atoms with Gasteiger partial charge in [0.25, 0.3) is 0 Å². The average Bonchev–Trinajstić information content (AvgIpc) is 3.03. The zero-order chi connectivity index (χ0) is 16.9. The quantitative estimate of drug-likeness (QED) is 0.537. The van der Waals surface area contributed by atoms with E-state index in [1.54, 1.807) is 12.1 Å². The van der Waals surface area contributed by atoms with Crippen molar-refractivity contribution in [2.24, 2.45) is 0 Å². The van der Waals surface area contributed by atoms with Gasteiger partial charge in [0.05, 0.1) is 5.69 Å². The fourth-order valence-electron chi connectivity index (χ4n) is 2.08. The lowest BCUT2D eigenvalue weighted by Crippen LogP contribution is -2.07. The molecule has 4 nitrogen and oxygen atoms in total. The van der Waals surface area contributed by atoms with Crippen LogP contribution in [-0.4, -0.2) is 16.1 Å². The van der Waals surface area contributed by atoms with Gasteiger partial charge in [0.15, 0.2) is 5.82 Å². The van der Waals surface area contributed by atoms with Crippen molar-refractivity contribution in [3.8, 4) is 11.3 Å². The molecule has 1 amide bonds. The number of nitrogens with one attached hydrogen (secondary N) is 2. The summed E-state index contributed by atoms with van der Waals surface area (Å²) in [5, 5.41) is 9.77. The van der Waals surface area contributed by atoms with Crippen LogP contribution < -0.4 is 5.32 Å². The number of benzene rings is 2. The number of carbonyl (C=O) groups excluding carboxylic acids is 1. The molecule has 0 atom stereocenters. The maximum Gasteiger partial charge on any atom is 0.249 e. The molecule has 0 saturated heterocycles. The molecule has 3 rings (SSSR count). The van der Waals surface area contributed by atoms with Crippen molar-refractivity contribution in [3.05, 3.63) is 75.2 Å². The molecule has 0 aliphatic rings. The third kappa shape index (κ3) is 4.43. The summed E-state index contributed by atoms with van der Waals surface area (Å²) in [5.74, 6) is 0.255. The van der Waals surface area contributed by atoms with Gasteiger partial charge in [-0.2, -0.15) is 5.10 Å². The van der Waals surface area contributed by atoms with Gasteiger partial charge in [0.2, 0.25) is 5.91 Å². The van der Waals surface area contributed by atoms with Crippen LogP contribution in [0.25, 0.3) is 17.3 Å². The van der Waals surface area contributed by atoms with Crippen molar-refractivity contribution >= 4 is 49.7 Å². The summed E-state index contributed by atoms with van der Waals surface area (Å²) < 4.78 is 2.01. The Balaban J connectivity index is 1.64. The van der Waals surface area contributed by atoms with Crippen LogP contribution in [-0.2, 0) is 4.79 Å². The molecule has 120 valence electrons. The van der Waals surface area contributed by atoms with E-state index in [9.17, 15) is 4.79 Å². The monoisotopic (exact) mass is 445 g/mol. The topological polar surface area (TPSA) is 57.8 Å². The summed E-state index contributed by atoms with van der Waals surface area (Å²) in [4.78, 5) is 12.0. The number of anilines is 1. The van der Waals surface area contributed by atoms with Gasteiger partial charge in [0.1, 0.15) is 0 Å². The minimum absolute atomic E-state index is 0.230. The molecule has 1 aromatic heterocycles. The molecule has 0 aliphatic heterocycles. The molecule has 6 heteroatoms. The number of aromatic amines is 1. The Bertz CT molecular complexity index is 868. The molecule has 0 radical (unpaired) electrons. The number of hydrogen-bond acceptors (Lipinski definition) is 2. The summed E-state index contributed by atoms with van der Waals surface area (Å²) in [6.45, 7) is 0. The number of amides is 1. The first-order valence-corrected chi connectivity index (χ1v) is 8.75. The first kappa shape index (κ1) is 16.7. The number of nitrogens with zero attached hydrogens (tertiary/aromatic N) is 1. The molecule has 0 spiro atoms. The average molecular weight is 447 g/mol. The standard InChI is InChI=1S/C18H13Br2N3O/c19-14-6-1-12(2-7-14)3-10-18(24)21-17-11-16(22-23-17)13-4-8-15(20)9-5-13/h1-11H,(H2,21,22,23,24)/b10-3+. The number of H-pyrrole nitrogens is 1. The van der Waals surface area contributed by atoms with Gasteiger partial charge in [-0.15, -0.1) is 0 Å². The zero-order valence-corrected chi connectivity index (χ0v) is 15.6. The Kier molecular flexibility index (Phi) is 5.27. The normalized spacial score (nSPS) is 10.9. The van der Waals surface area contributed by atoms with E-state index in [0.717, 1.165) is 25.8 Å². The van der Waals surface area contributed by atoms with Gasteiger partial charge >= 0.3 is 0 Å². The second kappa shape index (κ2) is 7.59. The first-order chi connectivity index (χ1) is 11.6. The molecule has 0 saturated carbocycles. The Hall–Kier alpha value is -2.18. The minimum Gasteiger partial charge on any atom is -0.306 e.